The van der Waals surface area contributed by atoms with Gasteiger partial charge >= 0.3 is 6.18 Å². The third-order valence-corrected chi connectivity index (χ3v) is 6.90. The molecule has 1 aliphatic heterocycles. The minimum absolute atomic E-state index is 0.00305. The number of anilines is 1. The van der Waals surface area contributed by atoms with E-state index in [1.54, 1.807) is 17.9 Å². The number of benzene rings is 2. The number of aromatic nitrogens is 2. The highest BCUT2D eigenvalue weighted by Crippen LogP contribution is 2.38. The summed E-state index contributed by atoms with van der Waals surface area (Å²) >= 11 is 0. The molecule has 1 amide bonds. The molecule has 12 heteroatoms. The summed E-state index contributed by atoms with van der Waals surface area (Å²) in [7, 11) is 1.35. The molecule has 1 saturated heterocycles. The molecule has 41 heavy (non-hydrogen) atoms. The van der Waals surface area contributed by atoms with Crippen molar-refractivity contribution in [1.29, 1.82) is 0 Å². The Morgan fingerprint density at radius 2 is 1.78 bits per heavy atom. The van der Waals surface area contributed by atoms with Crippen LogP contribution in [0.5, 0.6) is 11.5 Å². The van der Waals surface area contributed by atoms with Crippen LogP contribution in [0, 0.1) is 0 Å². The van der Waals surface area contributed by atoms with E-state index in [0.29, 0.717) is 43.7 Å². The Morgan fingerprint density at radius 3 is 2.44 bits per heavy atom. The second kappa shape index (κ2) is 11.3. The number of rotatable bonds is 7. The fraction of sp³-hybridized carbons (Fsp3) is 0.345. The SMILES string of the molecule is CCOc1ccccc1N1CCN(C(=O)c2nc(-c3ccc(OC)c4nc(C(F)(F)F)ccc34)oc2[C@H](C)N)CC1. The first-order chi connectivity index (χ1) is 19.6. The molecule has 2 aromatic carbocycles. The molecule has 0 spiro atoms. The molecule has 2 aromatic heterocycles. The van der Waals surface area contributed by atoms with E-state index < -0.39 is 17.9 Å². The summed E-state index contributed by atoms with van der Waals surface area (Å²) in [6.07, 6.45) is -4.63. The average Bonchev–Trinajstić information content (AvgIpc) is 3.42. The van der Waals surface area contributed by atoms with Crippen LogP contribution in [0.2, 0.25) is 0 Å². The van der Waals surface area contributed by atoms with Gasteiger partial charge in [0.15, 0.2) is 11.5 Å². The summed E-state index contributed by atoms with van der Waals surface area (Å²) in [4.78, 5) is 25.8. The number of carbonyl (C=O) groups excluding carboxylic acids is 1. The van der Waals surface area contributed by atoms with Crippen LogP contribution in [0.25, 0.3) is 22.4 Å². The number of piperazine rings is 1. The van der Waals surface area contributed by atoms with E-state index >= 15 is 0 Å². The predicted molar refractivity (Wildman–Crippen MR) is 147 cm³/mol. The van der Waals surface area contributed by atoms with Crippen LogP contribution >= 0.6 is 0 Å². The van der Waals surface area contributed by atoms with Gasteiger partial charge in [-0.15, -0.1) is 0 Å². The van der Waals surface area contributed by atoms with Gasteiger partial charge in [-0.25, -0.2) is 9.97 Å². The number of alkyl halides is 3. The zero-order valence-corrected chi connectivity index (χ0v) is 22.9. The van der Waals surface area contributed by atoms with E-state index in [-0.39, 0.29) is 34.5 Å². The number of hydrogen-bond donors (Lipinski definition) is 1. The zero-order valence-electron chi connectivity index (χ0n) is 22.9. The molecule has 2 N–H and O–H groups in total. The average molecular weight is 570 g/mol. The van der Waals surface area contributed by atoms with Crippen molar-refractivity contribution < 1.29 is 31.9 Å². The molecule has 5 rings (SSSR count). The smallest absolute Gasteiger partial charge is 0.433 e. The number of nitrogens with zero attached hydrogens (tertiary/aromatic N) is 4. The maximum absolute atomic E-state index is 13.6. The topological polar surface area (TPSA) is 107 Å². The van der Waals surface area contributed by atoms with Crippen LogP contribution in [-0.4, -0.2) is 60.7 Å². The highest BCUT2D eigenvalue weighted by Gasteiger charge is 2.34. The van der Waals surface area contributed by atoms with Crippen molar-refractivity contribution in [3.63, 3.8) is 0 Å². The zero-order chi connectivity index (χ0) is 29.3. The van der Waals surface area contributed by atoms with Crippen molar-refractivity contribution in [3.8, 4) is 23.0 Å². The maximum Gasteiger partial charge on any atom is 0.433 e. The lowest BCUT2D eigenvalue weighted by Crippen LogP contribution is -2.49. The van der Waals surface area contributed by atoms with Gasteiger partial charge < -0.3 is 29.4 Å². The summed E-state index contributed by atoms with van der Waals surface area (Å²) in [5, 5.41) is 0.329. The van der Waals surface area contributed by atoms with Crippen molar-refractivity contribution in [3.05, 3.63) is 65.7 Å². The molecule has 1 atom stereocenters. The first kappa shape index (κ1) is 28.2. The summed E-state index contributed by atoms with van der Waals surface area (Å²) < 4.78 is 57.1. The number of nitrogens with two attached hydrogens (primary N) is 1. The van der Waals surface area contributed by atoms with Crippen LogP contribution in [0.4, 0.5) is 18.9 Å². The van der Waals surface area contributed by atoms with Gasteiger partial charge in [-0.2, -0.15) is 13.2 Å². The Hall–Kier alpha value is -4.32. The first-order valence-electron chi connectivity index (χ1n) is 13.2. The van der Waals surface area contributed by atoms with Crippen LogP contribution in [0.3, 0.4) is 0 Å². The second-order valence-corrected chi connectivity index (χ2v) is 9.61. The third-order valence-electron chi connectivity index (χ3n) is 6.90. The number of halogens is 3. The Kier molecular flexibility index (Phi) is 7.76. The van der Waals surface area contributed by atoms with Crippen LogP contribution in [-0.2, 0) is 6.18 Å². The number of carbonyl (C=O) groups is 1. The molecule has 0 bridgehead atoms. The van der Waals surface area contributed by atoms with E-state index in [1.165, 1.54) is 19.2 Å². The highest BCUT2D eigenvalue weighted by molar-refractivity contribution is 5.98. The van der Waals surface area contributed by atoms with Crippen molar-refractivity contribution in [1.82, 2.24) is 14.9 Å². The van der Waals surface area contributed by atoms with Gasteiger partial charge in [-0.1, -0.05) is 12.1 Å². The van der Waals surface area contributed by atoms with Crippen LogP contribution in [0.15, 0.2) is 52.9 Å². The second-order valence-electron chi connectivity index (χ2n) is 9.61. The quantitative estimate of drug-likeness (QED) is 0.320. The standard InChI is InChI=1S/C29H30F3N5O4/c1-4-40-21-8-6-5-7-20(21)36-13-15-37(16-14-36)28(38)25-26(17(2)33)41-27(35-25)19-9-11-22(39-3)24-18(19)10-12-23(34-24)29(30,31)32/h5-12,17H,4,13-16,33H2,1-3H3/t17-/m0/s1. The largest absolute Gasteiger partial charge is 0.494 e. The monoisotopic (exact) mass is 569 g/mol. The molecule has 0 radical (unpaired) electrons. The van der Waals surface area contributed by atoms with E-state index in [1.807, 2.05) is 31.2 Å². The van der Waals surface area contributed by atoms with Crippen molar-refractivity contribution in [2.75, 3.05) is 44.8 Å². The minimum atomic E-state index is -4.63. The third kappa shape index (κ3) is 5.51. The van der Waals surface area contributed by atoms with E-state index in [4.69, 9.17) is 19.6 Å². The van der Waals surface area contributed by atoms with Gasteiger partial charge in [0.25, 0.3) is 5.91 Å². The highest BCUT2D eigenvalue weighted by atomic mass is 19.4. The molecular weight excluding hydrogens is 539 g/mol. The normalized spacial score (nSPS) is 14.8. The molecule has 1 aliphatic rings. The fourth-order valence-electron chi connectivity index (χ4n) is 4.91. The molecule has 0 saturated carbocycles. The van der Waals surface area contributed by atoms with E-state index in [9.17, 15) is 18.0 Å². The van der Waals surface area contributed by atoms with E-state index in [2.05, 4.69) is 14.9 Å². The Balaban J connectivity index is 1.45. The molecule has 9 nitrogen and oxygen atoms in total. The molecule has 0 aliphatic carbocycles. The summed E-state index contributed by atoms with van der Waals surface area (Å²) in [6, 6.07) is 12.4. The van der Waals surface area contributed by atoms with Crippen molar-refractivity contribution in [2.45, 2.75) is 26.1 Å². The number of amides is 1. The summed E-state index contributed by atoms with van der Waals surface area (Å²) in [6.45, 7) is 6.21. The lowest BCUT2D eigenvalue weighted by atomic mass is 10.1. The summed E-state index contributed by atoms with van der Waals surface area (Å²) in [5.41, 5.74) is 6.50. The fourth-order valence-corrected chi connectivity index (χ4v) is 4.91. The molecule has 1 fully saturated rings. The number of methoxy groups -OCH3 is 1. The van der Waals surface area contributed by atoms with Gasteiger partial charge in [-0.3, -0.25) is 4.79 Å². The Labute approximate surface area is 234 Å². The molecule has 0 unspecified atom stereocenters. The van der Waals surface area contributed by atoms with Crippen molar-refractivity contribution >= 4 is 22.5 Å². The van der Waals surface area contributed by atoms with E-state index in [0.717, 1.165) is 17.5 Å². The number of oxazole rings is 1. The molecule has 216 valence electrons. The minimum Gasteiger partial charge on any atom is -0.494 e. The molecule has 4 aromatic rings. The first-order valence-corrected chi connectivity index (χ1v) is 13.2. The van der Waals surface area contributed by atoms with Crippen molar-refractivity contribution in [2.24, 2.45) is 5.73 Å². The van der Waals surface area contributed by atoms with Gasteiger partial charge in [0.1, 0.15) is 22.7 Å². The number of fused-ring (bicyclic) bond motifs is 1. The lowest BCUT2D eigenvalue weighted by Gasteiger charge is -2.36. The number of pyridine rings is 1. The Morgan fingerprint density at radius 1 is 1.05 bits per heavy atom. The van der Waals surface area contributed by atoms with Crippen LogP contribution < -0.4 is 20.1 Å². The number of ether oxygens (including phenoxy) is 2. The predicted octanol–water partition coefficient (Wildman–Crippen LogP) is 5.30. The lowest BCUT2D eigenvalue weighted by molar-refractivity contribution is -0.140. The van der Waals surface area contributed by atoms with Gasteiger partial charge in [0, 0.05) is 37.1 Å². The molecular formula is C29H30F3N5O4. The summed E-state index contributed by atoms with van der Waals surface area (Å²) in [5.74, 6) is 0.866. The number of para-hydroxylation sites is 2. The van der Waals surface area contributed by atoms with Gasteiger partial charge in [0.2, 0.25) is 5.89 Å². The van der Waals surface area contributed by atoms with Crippen LogP contribution in [0.1, 0.15) is 41.8 Å². The molecule has 3 heterocycles. The number of hydrogen-bond acceptors (Lipinski definition) is 8. The van der Waals surface area contributed by atoms with Gasteiger partial charge in [-0.05, 0) is 50.2 Å². The Bertz CT molecular complexity index is 1560. The van der Waals surface area contributed by atoms with Gasteiger partial charge in [0.05, 0.1) is 25.4 Å². The maximum atomic E-state index is 13.6.